The van der Waals surface area contributed by atoms with Crippen LogP contribution in [0.3, 0.4) is 0 Å². The first-order chi connectivity index (χ1) is 17.7. The molecule has 0 unspecified atom stereocenters. The maximum Gasteiger partial charge on any atom is 0.248 e. The summed E-state index contributed by atoms with van der Waals surface area (Å²) >= 11 is 0. The van der Waals surface area contributed by atoms with Crippen LogP contribution in [0.15, 0.2) is 42.5 Å². The van der Waals surface area contributed by atoms with Gasteiger partial charge < -0.3 is 4.57 Å². The predicted octanol–water partition coefficient (Wildman–Crippen LogP) is 8.60. The topological polar surface area (TPSA) is 51.2 Å². The third kappa shape index (κ3) is 5.94. The summed E-state index contributed by atoms with van der Waals surface area (Å²) in [5.41, 5.74) is 6.72. The van der Waals surface area contributed by atoms with Crippen molar-refractivity contribution in [2.45, 2.75) is 82.1 Å². The van der Waals surface area contributed by atoms with Gasteiger partial charge in [0.05, 0.1) is 0 Å². The quantitative estimate of drug-likeness (QED) is 0.260. The minimum atomic E-state index is -4.26. The number of carbonyl (C=O) groups excluding carboxylic acids is 2. The number of rotatable bonds is 9. The zero-order chi connectivity index (χ0) is 28.5. The van der Waals surface area contributed by atoms with E-state index in [9.17, 15) is 9.59 Å². The summed E-state index contributed by atoms with van der Waals surface area (Å²) in [4.78, 5) is 29.1. The standard InChI is InChI=1S/C34H43O3P/c1-20(2)13-28-11-12-30(29(19-28)14-21(3)4)38(37,33(35)31-24(7)15-22(5)16-25(31)8)34(36)32-26(9)17-23(6)18-27(32)10/h11-12,15-21H,13-14H2,1-10H3. The summed E-state index contributed by atoms with van der Waals surface area (Å²) in [7, 11) is -4.26. The summed E-state index contributed by atoms with van der Waals surface area (Å²) < 4.78 is 15.4. The Morgan fingerprint density at radius 2 is 1.03 bits per heavy atom. The molecule has 3 aromatic carbocycles. The summed E-state index contributed by atoms with van der Waals surface area (Å²) in [5, 5.41) is 0.396. The molecule has 3 rings (SSSR count). The SMILES string of the molecule is Cc1cc(C)c(C(=O)P(=O)(C(=O)c2c(C)cc(C)cc2C)c2ccc(CC(C)C)cc2CC(C)C)c(C)c1. The van der Waals surface area contributed by atoms with Gasteiger partial charge in [-0.1, -0.05) is 81.3 Å². The normalized spacial score (nSPS) is 11.9. The van der Waals surface area contributed by atoms with Crippen molar-refractivity contribution in [1.29, 1.82) is 0 Å². The van der Waals surface area contributed by atoms with Crippen molar-refractivity contribution < 1.29 is 14.2 Å². The van der Waals surface area contributed by atoms with E-state index in [4.69, 9.17) is 0 Å². The first kappa shape index (κ1) is 29.8. The lowest BCUT2D eigenvalue weighted by Gasteiger charge is -2.24. The molecule has 0 spiro atoms. The van der Waals surface area contributed by atoms with Crippen LogP contribution >= 0.6 is 7.14 Å². The fourth-order valence-electron chi connectivity index (χ4n) is 5.81. The van der Waals surface area contributed by atoms with Gasteiger partial charge in [0.2, 0.25) is 18.2 Å². The Balaban J connectivity index is 2.40. The average Bonchev–Trinajstić information content (AvgIpc) is 2.76. The lowest BCUT2D eigenvalue weighted by atomic mass is 9.97. The second kappa shape index (κ2) is 11.5. The van der Waals surface area contributed by atoms with Crippen molar-refractivity contribution in [2.24, 2.45) is 11.8 Å². The van der Waals surface area contributed by atoms with Gasteiger partial charge in [0.1, 0.15) is 0 Å². The number of carbonyl (C=O) groups is 2. The smallest absolute Gasteiger partial charge is 0.248 e. The minimum absolute atomic E-state index is 0.271. The van der Waals surface area contributed by atoms with Gasteiger partial charge in [-0.3, -0.25) is 9.59 Å². The highest BCUT2D eigenvalue weighted by Crippen LogP contribution is 2.53. The fourth-order valence-corrected chi connectivity index (χ4v) is 8.61. The van der Waals surface area contributed by atoms with Gasteiger partial charge in [0, 0.05) is 16.4 Å². The maximum atomic E-state index is 15.4. The second-order valence-electron chi connectivity index (χ2n) is 11.9. The van der Waals surface area contributed by atoms with Gasteiger partial charge in [-0.15, -0.1) is 0 Å². The molecule has 0 aliphatic carbocycles. The van der Waals surface area contributed by atoms with Crippen LogP contribution in [0, 0.1) is 53.4 Å². The number of benzene rings is 3. The molecule has 202 valence electrons. The molecule has 3 aromatic rings. The molecular formula is C34H43O3P. The third-order valence-electron chi connectivity index (χ3n) is 7.11. The lowest BCUT2D eigenvalue weighted by molar-refractivity contribution is 0.104. The molecule has 0 saturated carbocycles. The molecule has 3 nitrogen and oxygen atoms in total. The largest absolute Gasteiger partial charge is 0.302 e. The molecule has 0 atom stereocenters. The van der Waals surface area contributed by atoms with Crippen molar-refractivity contribution in [3.8, 4) is 0 Å². The average molecular weight is 531 g/mol. The minimum Gasteiger partial charge on any atom is -0.302 e. The monoisotopic (exact) mass is 530 g/mol. The van der Waals surface area contributed by atoms with Crippen molar-refractivity contribution >= 4 is 23.5 Å². The van der Waals surface area contributed by atoms with Crippen molar-refractivity contribution in [1.82, 2.24) is 0 Å². The first-order valence-corrected chi connectivity index (χ1v) is 15.3. The Labute approximate surface area is 229 Å². The van der Waals surface area contributed by atoms with Crippen molar-refractivity contribution in [2.75, 3.05) is 0 Å². The Bertz CT molecular complexity index is 1320. The molecule has 0 aliphatic rings. The molecule has 0 radical (unpaired) electrons. The molecule has 0 fully saturated rings. The van der Waals surface area contributed by atoms with E-state index in [1.165, 1.54) is 0 Å². The van der Waals surface area contributed by atoms with Gasteiger partial charge >= 0.3 is 0 Å². The van der Waals surface area contributed by atoms with Gasteiger partial charge in [-0.2, -0.15) is 0 Å². The summed E-state index contributed by atoms with van der Waals surface area (Å²) in [6.07, 6.45) is 1.52. The van der Waals surface area contributed by atoms with Crippen LogP contribution < -0.4 is 5.30 Å². The molecule has 0 bridgehead atoms. The highest BCUT2D eigenvalue weighted by Gasteiger charge is 2.46. The third-order valence-corrected chi connectivity index (χ3v) is 9.82. The van der Waals surface area contributed by atoms with Gasteiger partial charge in [0.15, 0.2) is 0 Å². The van der Waals surface area contributed by atoms with E-state index >= 15 is 4.57 Å². The first-order valence-electron chi connectivity index (χ1n) is 13.6. The lowest BCUT2D eigenvalue weighted by Crippen LogP contribution is -2.26. The predicted molar refractivity (Wildman–Crippen MR) is 161 cm³/mol. The zero-order valence-corrected chi connectivity index (χ0v) is 25.7. The maximum absolute atomic E-state index is 15.4. The molecule has 38 heavy (non-hydrogen) atoms. The van der Waals surface area contributed by atoms with E-state index in [1.54, 1.807) is 0 Å². The Morgan fingerprint density at radius 3 is 1.39 bits per heavy atom. The molecule has 0 amide bonds. The van der Waals surface area contributed by atoms with Crippen LogP contribution in [0.1, 0.15) is 92.9 Å². The molecule has 0 saturated heterocycles. The fraction of sp³-hybridized carbons (Fsp3) is 0.412. The van der Waals surface area contributed by atoms with Crippen molar-refractivity contribution in [3.63, 3.8) is 0 Å². The highest BCUT2D eigenvalue weighted by atomic mass is 31.2. The molecular weight excluding hydrogens is 487 g/mol. The second-order valence-corrected chi connectivity index (χ2v) is 14.4. The van der Waals surface area contributed by atoms with E-state index in [1.807, 2.05) is 77.9 Å². The van der Waals surface area contributed by atoms with Crippen LogP contribution in [-0.2, 0) is 17.4 Å². The van der Waals surface area contributed by atoms with Gasteiger partial charge in [-0.25, -0.2) is 0 Å². The van der Waals surface area contributed by atoms with E-state index in [0.717, 1.165) is 50.9 Å². The van der Waals surface area contributed by atoms with E-state index in [2.05, 4.69) is 33.8 Å². The summed E-state index contributed by atoms with van der Waals surface area (Å²) in [6.45, 7) is 20.0. The molecule has 0 aromatic heterocycles. The van der Waals surface area contributed by atoms with E-state index in [0.29, 0.717) is 28.8 Å². The van der Waals surface area contributed by atoms with Crippen LogP contribution in [0.2, 0.25) is 0 Å². The van der Waals surface area contributed by atoms with Crippen molar-refractivity contribution in [3.05, 3.63) is 98.1 Å². The Kier molecular flexibility index (Phi) is 9.04. The Morgan fingerprint density at radius 1 is 0.632 bits per heavy atom. The molecule has 0 heterocycles. The highest BCUT2D eigenvalue weighted by molar-refractivity contribution is 8.01. The van der Waals surface area contributed by atoms with Crippen LogP contribution in [0.25, 0.3) is 0 Å². The summed E-state index contributed by atoms with van der Waals surface area (Å²) in [5.74, 6) is 0.728. The Hall–Kier alpha value is -2.77. The van der Waals surface area contributed by atoms with Gasteiger partial charge in [-0.05, 0) is 99.6 Å². The number of hydrogen-bond donors (Lipinski definition) is 0. The van der Waals surface area contributed by atoms with E-state index < -0.39 is 18.2 Å². The zero-order valence-electron chi connectivity index (χ0n) is 24.8. The molecule has 0 N–H and O–H groups in total. The molecule has 0 aliphatic heterocycles. The van der Waals surface area contributed by atoms with Gasteiger partial charge in [0.25, 0.3) is 0 Å². The molecule has 4 heteroatoms. The number of hydrogen-bond acceptors (Lipinski definition) is 3. The van der Waals surface area contributed by atoms with Crippen LogP contribution in [0.5, 0.6) is 0 Å². The van der Waals surface area contributed by atoms with E-state index in [-0.39, 0.29) is 5.92 Å². The van der Waals surface area contributed by atoms with Crippen LogP contribution in [0.4, 0.5) is 0 Å². The summed E-state index contributed by atoms with van der Waals surface area (Å²) in [6, 6.07) is 13.6. The number of aryl methyl sites for hydroxylation is 6. The van der Waals surface area contributed by atoms with Crippen LogP contribution in [-0.4, -0.2) is 11.0 Å².